The van der Waals surface area contributed by atoms with Crippen LogP contribution < -0.4 is 10.1 Å². The van der Waals surface area contributed by atoms with Crippen LogP contribution in [0.1, 0.15) is 11.9 Å². The van der Waals surface area contributed by atoms with Crippen LogP contribution in [0.5, 0.6) is 5.75 Å². The van der Waals surface area contributed by atoms with E-state index in [2.05, 4.69) is 22.2 Å². The second kappa shape index (κ2) is 8.09. The van der Waals surface area contributed by atoms with Crippen molar-refractivity contribution in [2.45, 2.75) is 13.1 Å². The number of thiazole rings is 1. The number of benzene rings is 1. The molecule has 9 heteroatoms. The number of nitrogens with one attached hydrogen (secondary N) is 1. The lowest BCUT2D eigenvalue weighted by atomic mass is 10.3. The third-order valence-corrected chi connectivity index (χ3v) is 6.26. The summed E-state index contributed by atoms with van der Waals surface area (Å²) in [6, 6.07) is 5.88. The number of amides is 1. The van der Waals surface area contributed by atoms with Crippen LogP contribution in [0.25, 0.3) is 10.2 Å². The van der Waals surface area contributed by atoms with Crippen molar-refractivity contribution in [3.63, 3.8) is 0 Å². The first-order valence-electron chi connectivity index (χ1n) is 7.47. The van der Waals surface area contributed by atoms with Crippen molar-refractivity contribution in [3.8, 4) is 5.75 Å². The molecule has 1 atom stereocenters. The van der Waals surface area contributed by atoms with E-state index in [1.54, 1.807) is 11.3 Å². The molecule has 1 aliphatic rings. The van der Waals surface area contributed by atoms with Gasteiger partial charge in [0.1, 0.15) is 22.0 Å². The summed E-state index contributed by atoms with van der Waals surface area (Å²) in [7, 11) is 0. The molecule has 1 aromatic carbocycles. The Hall–Kier alpha value is -1.45. The second-order valence-electron chi connectivity index (χ2n) is 4.90. The van der Waals surface area contributed by atoms with E-state index in [1.165, 1.54) is 11.8 Å². The third-order valence-electron chi connectivity index (χ3n) is 3.18. The molecule has 1 unspecified atom stereocenters. The molecule has 1 aromatic heterocycles. The van der Waals surface area contributed by atoms with E-state index in [9.17, 15) is 4.79 Å². The molecule has 0 saturated carbocycles. The van der Waals surface area contributed by atoms with E-state index in [-0.39, 0.29) is 0 Å². The van der Waals surface area contributed by atoms with Gasteiger partial charge in [0.25, 0.3) is 0 Å². The molecular formula is C15H17N3O3S3. The van der Waals surface area contributed by atoms with E-state index in [4.69, 9.17) is 9.84 Å². The van der Waals surface area contributed by atoms with Crippen LogP contribution in [-0.2, 0) is 0 Å². The maximum Gasteiger partial charge on any atom is 0.406 e. The molecule has 24 heavy (non-hydrogen) atoms. The predicted molar refractivity (Wildman–Crippen MR) is 102 cm³/mol. The SMILES string of the molecule is CCSCCOc1ccc2nc(C3=NC(NC(=O)O)CS3)sc2c1. The highest BCUT2D eigenvalue weighted by atomic mass is 32.2. The lowest BCUT2D eigenvalue weighted by Gasteiger charge is -2.04. The number of aliphatic imine (C=N–C) groups is 1. The monoisotopic (exact) mass is 383 g/mol. The molecule has 0 saturated heterocycles. The molecule has 0 aliphatic carbocycles. The van der Waals surface area contributed by atoms with Gasteiger partial charge in [0.2, 0.25) is 0 Å². The molecule has 128 valence electrons. The summed E-state index contributed by atoms with van der Waals surface area (Å²) in [5.74, 6) is 3.52. The average molecular weight is 384 g/mol. The third kappa shape index (κ3) is 4.34. The largest absolute Gasteiger partial charge is 0.493 e. The van der Waals surface area contributed by atoms with Gasteiger partial charge < -0.3 is 9.84 Å². The first-order chi connectivity index (χ1) is 11.7. The first-order valence-corrected chi connectivity index (χ1v) is 10.4. The minimum Gasteiger partial charge on any atom is -0.493 e. The van der Waals surface area contributed by atoms with Crippen molar-refractivity contribution in [1.29, 1.82) is 0 Å². The van der Waals surface area contributed by atoms with Gasteiger partial charge in [0.05, 0.1) is 16.8 Å². The zero-order valence-corrected chi connectivity index (χ0v) is 15.5. The Balaban J connectivity index is 1.71. The van der Waals surface area contributed by atoms with Crippen LogP contribution in [0.2, 0.25) is 0 Å². The van der Waals surface area contributed by atoms with Crippen molar-refractivity contribution in [3.05, 3.63) is 23.2 Å². The minimum absolute atomic E-state index is 0.399. The molecule has 0 fully saturated rings. The number of aromatic nitrogens is 1. The fraction of sp³-hybridized carbons (Fsp3) is 0.400. The summed E-state index contributed by atoms with van der Waals surface area (Å²) >= 11 is 4.93. The zero-order valence-electron chi connectivity index (χ0n) is 13.0. The normalized spacial score (nSPS) is 17.0. The maximum atomic E-state index is 10.7. The van der Waals surface area contributed by atoms with Crippen molar-refractivity contribution in [2.75, 3.05) is 23.9 Å². The number of carbonyl (C=O) groups is 1. The average Bonchev–Trinajstić information content (AvgIpc) is 3.17. The van der Waals surface area contributed by atoms with E-state index in [0.717, 1.165) is 37.5 Å². The van der Waals surface area contributed by atoms with Crippen LogP contribution in [0.3, 0.4) is 0 Å². The van der Waals surface area contributed by atoms with Gasteiger partial charge in [0.15, 0.2) is 0 Å². The summed E-state index contributed by atoms with van der Waals surface area (Å²) in [4.78, 5) is 19.7. The number of fused-ring (bicyclic) bond motifs is 1. The van der Waals surface area contributed by atoms with E-state index in [0.29, 0.717) is 12.4 Å². The summed E-state index contributed by atoms with van der Waals surface area (Å²) in [5.41, 5.74) is 0.906. The molecular weight excluding hydrogens is 366 g/mol. The zero-order chi connectivity index (χ0) is 16.9. The van der Waals surface area contributed by atoms with Gasteiger partial charge in [-0.25, -0.2) is 14.8 Å². The lowest BCUT2D eigenvalue weighted by molar-refractivity contribution is 0.191. The standard InChI is InChI=1S/C15H17N3O3S3/c1-2-22-6-5-21-9-3-4-10-11(7-9)24-14(16-10)13-17-12(8-23-13)18-15(19)20/h3-4,7,12,18H,2,5-6,8H2,1H3,(H,19,20). The Morgan fingerprint density at radius 2 is 2.42 bits per heavy atom. The fourth-order valence-electron chi connectivity index (χ4n) is 2.16. The van der Waals surface area contributed by atoms with Gasteiger partial charge >= 0.3 is 6.09 Å². The molecule has 3 rings (SSSR count). The second-order valence-corrected chi connectivity index (χ2v) is 8.34. The number of carboxylic acid groups (broad SMARTS) is 1. The van der Waals surface area contributed by atoms with Gasteiger partial charge in [-0.1, -0.05) is 18.7 Å². The molecule has 0 radical (unpaired) electrons. The first kappa shape index (κ1) is 17.4. The number of rotatable bonds is 7. The van der Waals surface area contributed by atoms with Crippen molar-refractivity contribution >= 4 is 56.2 Å². The van der Waals surface area contributed by atoms with Crippen LogP contribution in [0.4, 0.5) is 4.79 Å². The van der Waals surface area contributed by atoms with Crippen molar-refractivity contribution < 1.29 is 14.6 Å². The Morgan fingerprint density at radius 3 is 3.21 bits per heavy atom. The quantitative estimate of drug-likeness (QED) is 0.712. The van der Waals surface area contributed by atoms with Crippen LogP contribution >= 0.6 is 34.9 Å². The summed E-state index contributed by atoms with van der Waals surface area (Å²) < 4.78 is 6.80. The number of hydrogen-bond donors (Lipinski definition) is 2. The number of ether oxygens (including phenoxy) is 1. The maximum absolute atomic E-state index is 10.7. The molecule has 6 nitrogen and oxygen atoms in total. The van der Waals surface area contributed by atoms with Gasteiger partial charge in [-0.15, -0.1) is 11.3 Å². The van der Waals surface area contributed by atoms with Crippen molar-refractivity contribution in [2.24, 2.45) is 4.99 Å². The molecule has 0 spiro atoms. The summed E-state index contributed by atoms with van der Waals surface area (Å²) in [6.45, 7) is 2.83. The highest BCUT2D eigenvalue weighted by Gasteiger charge is 2.23. The summed E-state index contributed by atoms with van der Waals surface area (Å²) in [6.07, 6.45) is -1.46. The summed E-state index contributed by atoms with van der Waals surface area (Å²) in [5, 5.41) is 12.8. The Kier molecular flexibility index (Phi) is 5.85. The van der Waals surface area contributed by atoms with Crippen LogP contribution in [0.15, 0.2) is 23.2 Å². The van der Waals surface area contributed by atoms with Gasteiger partial charge in [-0.2, -0.15) is 11.8 Å². The van der Waals surface area contributed by atoms with E-state index >= 15 is 0 Å². The van der Waals surface area contributed by atoms with Crippen LogP contribution in [0, 0.1) is 0 Å². The topological polar surface area (TPSA) is 83.8 Å². The smallest absolute Gasteiger partial charge is 0.406 e. The molecule has 1 amide bonds. The number of thioether (sulfide) groups is 2. The number of nitrogens with zero attached hydrogens (tertiary/aromatic N) is 2. The lowest BCUT2D eigenvalue weighted by Crippen LogP contribution is -2.32. The highest BCUT2D eigenvalue weighted by Crippen LogP contribution is 2.31. The Bertz CT molecular complexity index is 763. The molecule has 0 bridgehead atoms. The highest BCUT2D eigenvalue weighted by molar-refractivity contribution is 8.15. The molecule has 2 N–H and O–H groups in total. The predicted octanol–water partition coefficient (Wildman–Crippen LogP) is 3.52. The van der Waals surface area contributed by atoms with Gasteiger partial charge in [0, 0.05) is 11.5 Å². The molecule has 2 heterocycles. The Labute approximate surface area is 152 Å². The van der Waals surface area contributed by atoms with Crippen molar-refractivity contribution in [1.82, 2.24) is 10.3 Å². The van der Waals surface area contributed by atoms with Gasteiger partial charge in [-0.3, -0.25) is 5.32 Å². The van der Waals surface area contributed by atoms with Gasteiger partial charge in [-0.05, 0) is 24.0 Å². The minimum atomic E-state index is -1.06. The van der Waals surface area contributed by atoms with E-state index in [1.807, 2.05) is 30.0 Å². The molecule has 1 aliphatic heterocycles. The molecule has 2 aromatic rings. The fourth-order valence-corrected chi connectivity index (χ4v) is 4.68. The van der Waals surface area contributed by atoms with E-state index < -0.39 is 12.3 Å². The Morgan fingerprint density at radius 1 is 1.54 bits per heavy atom. The van der Waals surface area contributed by atoms with Crippen LogP contribution in [-0.4, -0.2) is 51.3 Å². The number of hydrogen-bond acceptors (Lipinski definition) is 7.